The number of methoxy groups -OCH3 is 1. The van der Waals surface area contributed by atoms with Crippen LogP contribution in [0.1, 0.15) is 32.1 Å². The molecule has 1 atom stereocenters. The van der Waals surface area contributed by atoms with Gasteiger partial charge in [0, 0.05) is 12.6 Å². The van der Waals surface area contributed by atoms with E-state index in [-0.39, 0.29) is 23.9 Å². The van der Waals surface area contributed by atoms with Crippen molar-refractivity contribution in [1.29, 1.82) is 0 Å². The zero-order chi connectivity index (χ0) is 19.4. The topological polar surface area (TPSA) is 108 Å². The number of para-hydroxylation sites is 2. The van der Waals surface area contributed by atoms with Crippen LogP contribution in [0.5, 0.6) is 5.75 Å². The molecule has 2 fully saturated rings. The Morgan fingerprint density at radius 3 is 2.48 bits per heavy atom. The molecule has 1 saturated carbocycles. The number of carboxylic acids is 1. The Hall–Kier alpha value is -2.77. The van der Waals surface area contributed by atoms with Gasteiger partial charge in [0.1, 0.15) is 11.8 Å². The smallest absolute Gasteiger partial charge is 0.315 e. The van der Waals surface area contributed by atoms with Crippen LogP contribution in [0.4, 0.5) is 10.5 Å². The molecule has 3 amide bonds. The summed E-state index contributed by atoms with van der Waals surface area (Å²) in [7, 11) is 1.56. The van der Waals surface area contributed by atoms with Crippen molar-refractivity contribution in [3.05, 3.63) is 24.3 Å². The maximum Gasteiger partial charge on any atom is 0.315 e. The minimum absolute atomic E-state index is 0.0533. The highest BCUT2D eigenvalue weighted by Crippen LogP contribution is 2.31. The van der Waals surface area contributed by atoms with E-state index in [0.29, 0.717) is 50.1 Å². The van der Waals surface area contributed by atoms with Gasteiger partial charge in [0.15, 0.2) is 0 Å². The van der Waals surface area contributed by atoms with E-state index in [1.807, 2.05) is 18.2 Å². The standard InChI is InChI=1S/C19H25N3O5/c1-27-16-5-3-2-4-15(16)22-11-10-14(17(22)23)21-19(26)20-13-8-6-12(7-9-13)18(24)25/h2-5,12-14H,6-11H2,1H3,(H,24,25)(H2,20,21,26). The van der Waals surface area contributed by atoms with Crippen LogP contribution in [0.15, 0.2) is 24.3 Å². The first kappa shape index (κ1) is 19.0. The third kappa shape index (κ3) is 4.32. The van der Waals surface area contributed by atoms with E-state index >= 15 is 0 Å². The number of carboxylic acid groups (broad SMARTS) is 1. The van der Waals surface area contributed by atoms with Crippen LogP contribution in [-0.2, 0) is 9.59 Å². The van der Waals surface area contributed by atoms with Gasteiger partial charge in [-0.1, -0.05) is 12.1 Å². The normalized spacial score (nSPS) is 25.1. The van der Waals surface area contributed by atoms with Crippen molar-refractivity contribution in [3.63, 3.8) is 0 Å². The van der Waals surface area contributed by atoms with Gasteiger partial charge in [-0.05, 0) is 44.2 Å². The first-order valence-electron chi connectivity index (χ1n) is 9.24. The molecule has 1 heterocycles. The lowest BCUT2D eigenvalue weighted by Gasteiger charge is -2.27. The fourth-order valence-electron chi connectivity index (χ4n) is 3.78. The summed E-state index contributed by atoms with van der Waals surface area (Å²) in [6, 6.07) is 6.28. The molecule has 1 aromatic rings. The Morgan fingerprint density at radius 1 is 1.11 bits per heavy atom. The monoisotopic (exact) mass is 375 g/mol. The largest absolute Gasteiger partial charge is 0.495 e. The third-order valence-corrected chi connectivity index (χ3v) is 5.30. The Kier molecular flexibility index (Phi) is 5.83. The van der Waals surface area contributed by atoms with Crippen molar-refractivity contribution in [2.45, 2.75) is 44.2 Å². The average molecular weight is 375 g/mol. The van der Waals surface area contributed by atoms with Crippen LogP contribution < -0.4 is 20.3 Å². The summed E-state index contributed by atoms with van der Waals surface area (Å²) in [5.74, 6) is -0.641. The molecule has 0 aromatic heterocycles. The summed E-state index contributed by atoms with van der Waals surface area (Å²) < 4.78 is 5.31. The molecule has 2 aliphatic rings. The molecule has 3 rings (SSSR count). The number of amides is 3. The van der Waals surface area contributed by atoms with Gasteiger partial charge in [-0.25, -0.2) is 4.79 Å². The van der Waals surface area contributed by atoms with E-state index < -0.39 is 12.0 Å². The van der Waals surface area contributed by atoms with Gasteiger partial charge in [-0.3, -0.25) is 9.59 Å². The lowest BCUT2D eigenvalue weighted by Crippen LogP contribution is -2.49. The molecule has 1 aromatic carbocycles. The lowest BCUT2D eigenvalue weighted by molar-refractivity contribution is -0.142. The van der Waals surface area contributed by atoms with Crippen molar-refractivity contribution in [2.75, 3.05) is 18.6 Å². The average Bonchev–Trinajstić information content (AvgIpc) is 3.02. The first-order valence-corrected chi connectivity index (χ1v) is 9.24. The zero-order valence-corrected chi connectivity index (χ0v) is 15.3. The van der Waals surface area contributed by atoms with Gasteiger partial charge < -0.3 is 25.4 Å². The molecule has 0 bridgehead atoms. The summed E-state index contributed by atoms with van der Waals surface area (Å²) >= 11 is 0. The number of urea groups is 1. The molecule has 3 N–H and O–H groups in total. The van der Waals surface area contributed by atoms with E-state index in [1.54, 1.807) is 18.1 Å². The van der Waals surface area contributed by atoms with Crippen molar-refractivity contribution in [3.8, 4) is 5.75 Å². The Balaban J connectivity index is 1.52. The molecule has 0 radical (unpaired) electrons. The third-order valence-electron chi connectivity index (χ3n) is 5.30. The predicted octanol–water partition coefficient (Wildman–Crippen LogP) is 1.74. The van der Waals surface area contributed by atoms with Crippen molar-refractivity contribution in [2.24, 2.45) is 5.92 Å². The molecule has 8 heteroatoms. The van der Waals surface area contributed by atoms with Crippen molar-refractivity contribution in [1.82, 2.24) is 10.6 Å². The van der Waals surface area contributed by atoms with Gasteiger partial charge in [-0.2, -0.15) is 0 Å². The summed E-state index contributed by atoms with van der Waals surface area (Å²) in [6.07, 6.45) is 2.91. The Labute approximate surface area is 157 Å². The number of hydrogen-bond acceptors (Lipinski definition) is 4. The number of aliphatic carboxylic acids is 1. The summed E-state index contributed by atoms with van der Waals surface area (Å²) in [6.45, 7) is 0.508. The number of anilines is 1. The van der Waals surface area contributed by atoms with Crippen molar-refractivity contribution < 1.29 is 24.2 Å². The molecule has 0 spiro atoms. The first-order chi connectivity index (χ1) is 13.0. The van der Waals surface area contributed by atoms with Gasteiger partial charge in [0.25, 0.3) is 0 Å². The van der Waals surface area contributed by atoms with Crippen LogP contribution in [0.25, 0.3) is 0 Å². The van der Waals surface area contributed by atoms with Crippen LogP contribution in [-0.4, -0.2) is 48.8 Å². The highest BCUT2D eigenvalue weighted by atomic mass is 16.5. The predicted molar refractivity (Wildman–Crippen MR) is 98.8 cm³/mol. The molecular weight excluding hydrogens is 350 g/mol. The number of rotatable bonds is 5. The Bertz CT molecular complexity index is 715. The maximum atomic E-state index is 12.7. The zero-order valence-electron chi connectivity index (χ0n) is 15.3. The number of carbonyl (C=O) groups excluding carboxylic acids is 2. The van der Waals surface area contributed by atoms with Gasteiger partial charge in [-0.15, -0.1) is 0 Å². The summed E-state index contributed by atoms with van der Waals surface area (Å²) in [5.41, 5.74) is 0.696. The molecular formula is C19H25N3O5. The SMILES string of the molecule is COc1ccccc1N1CCC(NC(=O)NC2CCC(C(=O)O)CC2)C1=O. The van der Waals surface area contributed by atoms with E-state index in [9.17, 15) is 14.4 Å². The number of nitrogens with zero attached hydrogens (tertiary/aromatic N) is 1. The molecule has 8 nitrogen and oxygen atoms in total. The highest BCUT2D eigenvalue weighted by Gasteiger charge is 2.35. The van der Waals surface area contributed by atoms with E-state index in [0.717, 1.165) is 0 Å². The van der Waals surface area contributed by atoms with Gasteiger partial charge >= 0.3 is 12.0 Å². The van der Waals surface area contributed by atoms with Gasteiger partial charge in [0.2, 0.25) is 5.91 Å². The molecule has 1 aliphatic heterocycles. The molecule has 1 aliphatic carbocycles. The second-order valence-corrected chi connectivity index (χ2v) is 7.01. The van der Waals surface area contributed by atoms with Gasteiger partial charge in [0.05, 0.1) is 18.7 Å². The molecule has 1 saturated heterocycles. The number of benzene rings is 1. The minimum Gasteiger partial charge on any atom is -0.495 e. The molecule has 146 valence electrons. The minimum atomic E-state index is -0.772. The van der Waals surface area contributed by atoms with Crippen LogP contribution in [0.3, 0.4) is 0 Å². The van der Waals surface area contributed by atoms with Crippen molar-refractivity contribution >= 4 is 23.6 Å². The summed E-state index contributed by atoms with van der Waals surface area (Å²) in [4.78, 5) is 37.6. The quantitative estimate of drug-likeness (QED) is 0.727. The second-order valence-electron chi connectivity index (χ2n) is 7.01. The Morgan fingerprint density at radius 2 is 1.81 bits per heavy atom. The number of nitrogens with one attached hydrogen (secondary N) is 2. The highest BCUT2D eigenvalue weighted by molar-refractivity contribution is 6.02. The summed E-state index contributed by atoms with van der Waals surface area (Å²) in [5, 5.41) is 14.6. The van der Waals surface area contributed by atoms with Crippen LogP contribution in [0, 0.1) is 5.92 Å². The fourth-order valence-corrected chi connectivity index (χ4v) is 3.78. The van der Waals surface area contributed by atoms with Crippen LogP contribution in [0.2, 0.25) is 0 Å². The second kappa shape index (κ2) is 8.28. The fraction of sp³-hybridized carbons (Fsp3) is 0.526. The van der Waals surface area contributed by atoms with E-state index in [1.165, 1.54) is 0 Å². The lowest BCUT2D eigenvalue weighted by atomic mass is 9.86. The number of hydrogen-bond donors (Lipinski definition) is 3. The number of ether oxygens (including phenoxy) is 1. The van der Waals surface area contributed by atoms with E-state index in [4.69, 9.17) is 9.84 Å². The maximum absolute atomic E-state index is 12.7. The number of carbonyl (C=O) groups is 3. The van der Waals surface area contributed by atoms with Crippen LogP contribution >= 0.6 is 0 Å². The molecule has 1 unspecified atom stereocenters. The van der Waals surface area contributed by atoms with E-state index in [2.05, 4.69) is 10.6 Å². The molecule has 27 heavy (non-hydrogen) atoms.